The Morgan fingerprint density at radius 1 is 1.02 bits per heavy atom. The Labute approximate surface area is 234 Å². The maximum absolute atomic E-state index is 13.6. The van der Waals surface area contributed by atoms with Gasteiger partial charge in [0.2, 0.25) is 15.9 Å². The number of alkyl halides is 3. The lowest BCUT2D eigenvalue weighted by Gasteiger charge is -2.40. The van der Waals surface area contributed by atoms with Gasteiger partial charge in [0.15, 0.2) is 5.69 Å². The molecule has 4 rings (SSSR count). The molecule has 2 N–H and O–H groups in total. The van der Waals surface area contributed by atoms with Crippen molar-refractivity contribution in [3.63, 3.8) is 0 Å². The topological polar surface area (TPSA) is 133 Å². The van der Waals surface area contributed by atoms with Crippen molar-refractivity contribution in [3.05, 3.63) is 83.3 Å². The summed E-state index contributed by atoms with van der Waals surface area (Å²) >= 11 is 0. The predicted molar refractivity (Wildman–Crippen MR) is 143 cm³/mol. The fourth-order valence-electron chi connectivity index (χ4n) is 4.35. The first-order valence-electron chi connectivity index (χ1n) is 12.6. The average Bonchev–Trinajstić information content (AvgIpc) is 2.95. The minimum absolute atomic E-state index is 0.0708. The number of hydrogen-bond acceptors (Lipinski definition) is 7. The van der Waals surface area contributed by atoms with E-state index in [1.54, 1.807) is 4.90 Å². The van der Waals surface area contributed by atoms with Gasteiger partial charge in [0.1, 0.15) is 11.9 Å². The number of piperazine rings is 1. The molecular formula is C27H28F3N5O5S. The molecule has 0 spiro atoms. The Bertz CT molecular complexity index is 1500. The van der Waals surface area contributed by atoms with Gasteiger partial charge in [-0.3, -0.25) is 4.79 Å². The third-order valence-corrected chi connectivity index (χ3v) is 8.64. The lowest BCUT2D eigenvalue weighted by atomic mass is 10.0. The van der Waals surface area contributed by atoms with E-state index in [2.05, 4.69) is 29.1 Å². The molecule has 1 atom stereocenters. The number of anilines is 1. The van der Waals surface area contributed by atoms with Gasteiger partial charge in [-0.25, -0.2) is 23.2 Å². The zero-order chi connectivity index (χ0) is 29.9. The Morgan fingerprint density at radius 2 is 1.68 bits per heavy atom. The van der Waals surface area contributed by atoms with Crippen molar-refractivity contribution in [2.75, 3.05) is 24.5 Å². The van der Waals surface area contributed by atoms with Crippen LogP contribution in [0, 0.1) is 0 Å². The molecule has 10 nitrogen and oxygen atoms in total. The number of carbonyl (C=O) groups excluding carboxylic acids is 1. The summed E-state index contributed by atoms with van der Waals surface area (Å²) in [7, 11) is -4.38. The lowest BCUT2D eigenvalue weighted by Crippen LogP contribution is -2.60. The van der Waals surface area contributed by atoms with Crippen LogP contribution in [0.25, 0.3) is 0 Å². The summed E-state index contributed by atoms with van der Waals surface area (Å²) in [6.07, 6.45) is -2.37. The van der Waals surface area contributed by atoms with Crippen molar-refractivity contribution in [3.8, 4) is 0 Å². The molecule has 0 saturated carbocycles. The minimum Gasteiger partial charge on any atom is -0.476 e. The van der Waals surface area contributed by atoms with E-state index in [9.17, 15) is 31.2 Å². The van der Waals surface area contributed by atoms with Gasteiger partial charge in [0.05, 0.1) is 22.9 Å². The lowest BCUT2D eigenvalue weighted by molar-refractivity contribution is -0.137. The Hall–Kier alpha value is -4.04. The highest BCUT2D eigenvalue weighted by Crippen LogP contribution is 2.31. The van der Waals surface area contributed by atoms with Crippen LogP contribution >= 0.6 is 0 Å². The Morgan fingerprint density at radius 3 is 2.22 bits per heavy atom. The highest BCUT2D eigenvalue weighted by molar-refractivity contribution is 7.89. The molecule has 41 heavy (non-hydrogen) atoms. The molecule has 1 aliphatic heterocycles. The average molecular weight is 592 g/mol. The van der Waals surface area contributed by atoms with Crippen molar-refractivity contribution >= 4 is 27.7 Å². The van der Waals surface area contributed by atoms with Crippen LogP contribution in [0.3, 0.4) is 0 Å². The van der Waals surface area contributed by atoms with E-state index >= 15 is 0 Å². The molecule has 1 amide bonds. The van der Waals surface area contributed by atoms with Gasteiger partial charge in [-0.05, 0) is 41.3 Å². The monoisotopic (exact) mass is 591 g/mol. The smallest absolute Gasteiger partial charge is 0.416 e. The highest BCUT2D eigenvalue weighted by atomic mass is 32.2. The Kier molecular flexibility index (Phi) is 8.63. The van der Waals surface area contributed by atoms with Crippen LogP contribution in [-0.2, 0) is 27.5 Å². The molecule has 0 radical (unpaired) electrons. The zero-order valence-electron chi connectivity index (χ0n) is 22.2. The van der Waals surface area contributed by atoms with Crippen molar-refractivity contribution in [2.24, 2.45) is 0 Å². The number of nitrogens with zero attached hydrogens (tertiary/aromatic N) is 4. The molecule has 1 fully saturated rings. The van der Waals surface area contributed by atoms with E-state index in [4.69, 9.17) is 5.11 Å². The summed E-state index contributed by atoms with van der Waals surface area (Å²) in [5.74, 6) is -1.32. The first kappa shape index (κ1) is 29.9. The number of hydrogen-bond donors (Lipinski definition) is 2. The van der Waals surface area contributed by atoms with E-state index in [-0.39, 0.29) is 42.6 Å². The fourth-order valence-corrected chi connectivity index (χ4v) is 5.92. The number of amides is 1. The molecule has 0 aliphatic carbocycles. The van der Waals surface area contributed by atoms with Gasteiger partial charge in [0.25, 0.3) is 0 Å². The van der Waals surface area contributed by atoms with Crippen molar-refractivity contribution in [1.29, 1.82) is 0 Å². The molecule has 1 aromatic heterocycles. The minimum atomic E-state index is -4.64. The third-order valence-electron chi connectivity index (χ3n) is 6.72. The van der Waals surface area contributed by atoms with Gasteiger partial charge in [0, 0.05) is 26.2 Å². The Balaban J connectivity index is 1.60. The second-order valence-electron chi connectivity index (χ2n) is 9.78. The number of halogens is 3. The number of carboxylic acid groups (broad SMARTS) is 1. The number of carbonyl (C=O) groups is 2. The molecule has 218 valence electrons. The van der Waals surface area contributed by atoms with Gasteiger partial charge >= 0.3 is 12.1 Å². The maximum atomic E-state index is 13.6. The highest BCUT2D eigenvalue weighted by Gasteiger charge is 2.41. The number of aromatic carboxylic acids is 1. The number of nitrogens with one attached hydrogen (secondary N) is 1. The maximum Gasteiger partial charge on any atom is 0.416 e. The van der Waals surface area contributed by atoms with Gasteiger partial charge in [-0.15, -0.1) is 0 Å². The normalized spacial score (nSPS) is 16.5. The van der Waals surface area contributed by atoms with Crippen LogP contribution in [0.4, 0.5) is 19.0 Å². The molecule has 0 unspecified atom stereocenters. The quantitative estimate of drug-likeness (QED) is 0.407. The van der Waals surface area contributed by atoms with Crippen molar-refractivity contribution < 1.29 is 36.3 Å². The van der Waals surface area contributed by atoms with Crippen molar-refractivity contribution in [2.45, 2.75) is 43.4 Å². The second kappa shape index (κ2) is 11.8. The standard InChI is InChI=1S/C27H28F3N5O5S/c1-17(2)19-5-3-18(4-6-19)13-33-25(36)23-16-34(24-15-31-22(14-32-24)26(37)38)11-12-35(23)41(39,40)21-9-7-20(8-10-21)27(28,29)30/h3-10,14-15,17,23H,11-13,16H2,1-2H3,(H,33,36)(H,37,38)/t23-/m1/s1. The van der Waals surface area contributed by atoms with Crippen LogP contribution < -0.4 is 10.2 Å². The van der Waals surface area contributed by atoms with Crippen LogP contribution in [0.15, 0.2) is 65.8 Å². The summed E-state index contributed by atoms with van der Waals surface area (Å²) in [5.41, 5.74) is 0.631. The summed E-state index contributed by atoms with van der Waals surface area (Å²) in [4.78, 5) is 33.7. The molecule has 1 aliphatic rings. The second-order valence-corrected chi connectivity index (χ2v) is 11.7. The van der Waals surface area contributed by atoms with Gasteiger partial charge in [-0.1, -0.05) is 38.1 Å². The fraction of sp³-hybridized carbons (Fsp3) is 0.333. The molecule has 2 heterocycles. The summed E-state index contributed by atoms with van der Waals surface area (Å²) in [6, 6.07) is 9.42. The number of sulfonamides is 1. The molecule has 3 aromatic rings. The first-order valence-corrected chi connectivity index (χ1v) is 14.1. The first-order chi connectivity index (χ1) is 19.3. The van der Waals surface area contributed by atoms with E-state index < -0.39 is 39.7 Å². The van der Waals surface area contributed by atoms with Crippen LogP contribution in [0.5, 0.6) is 0 Å². The zero-order valence-corrected chi connectivity index (χ0v) is 23.0. The van der Waals surface area contributed by atoms with Gasteiger partial charge < -0.3 is 15.3 Å². The molecular weight excluding hydrogens is 563 g/mol. The van der Waals surface area contributed by atoms with Crippen LogP contribution in [0.1, 0.15) is 46.9 Å². The van der Waals surface area contributed by atoms with E-state index in [1.807, 2.05) is 24.3 Å². The van der Waals surface area contributed by atoms with E-state index in [0.717, 1.165) is 33.8 Å². The largest absolute Gasteiger partial charge is 0.476 e. The predicted octanol–water partition coefficient (Wildman–Crippen LogP) is 3.51. The summed E-state index contributed by atoms with van der Waals surface area (Å²) in [5, 5.41) is 11.8. The summed E-state index contributed by atoms with van der Waals surface area (Å²) in [6.45, 7) is 3.95. The molecule has 0 bridgehead atoms. The van der Waals surface area contributed by atoms with Crippen LogP contribution in [-0.4, -0.2) is 65.4 Å². The van der Waals surface area contributed by atoms with Crippen LogP contribution in [0.2, 0.25) is 0 Å². The van der Waals surface area contributed by atoms with Gasteiger partial charge in [-0.2, -0.15) is 17.5 Å². The molecule has 2 aromatic carbocycles. The number of rotatable bonds is 8. The van der Waals surface area contributed by atoms with E-state index in [0.29, 0.717) is 18.1 Å². The SMILES string of the molecule is CC(C)c1ccc(CNC(=O)[C@H]2CN(c3cnc(C(=O)O)cn3)CCN2S(=O)(=O)c2ccc(C(F)(F)F)cc2)cc1. The number of aromatic nitrogens is 2. The molecule has 14 heteroatoms. The number of benzene rings is 2. The number of carboxylic acids is 1. The van der Waals surface area contributed by atoms with E-state index in [1.165, 1.54) is 6.20 Å². The molecule has 1 saturated heterocycles. The third kappa shape index (κ3) is 6.82. The van der Waals surface area contributed by atoms with Crippen molar-refractivity contribution in [1.82, 2.24) is 19.6 Å². The summed E-state index contributed by atoms with van der Waals surface area (Å²) < 4.78 is 67.2.